The molecule has 0 spiro atoms. The maximum absolute atomic E-state index is 12.2. The van der Waals surface area contributed by atoms with Gasteiger partial charge in [-0.1, -0.05) is 23.2 Å². The van der Waals surface area contributed by atoms with Crippen molar-refractivity contribution in [2.24, 2.45) is 0 Å². The van der Waals surface area contributed by atoms with Crippen LogP contribution in [0.15, 0.2) is 12.4 Å². The van der Waals surface area contributed by atoms with E-state index in [2.05, 4.69) is 10.2 Å². The second-order valence-corrected chi connectivity index (χ2v) is 5.92. The number of hydrogen-bond acceptors (Lipinski definition) is 3. The highest BCUT2D eigenvalue weighted by Gasteiger charge is 2.14. The summed E-state index contributed by atoms with van der Waals surface area (Å²) in [5.74, 6) is 0.00592. The van der Waals surface area contributed by atoms with Crippen LogP contribution in [0.5, 0.6) is 0 Å². The normalized spacial score (nSPS) is 11.0. The fourth-order valence-corrected chi connectivity index (χ4v) is 2.39. The van der Waals surface area contributed by atoms with Crippen molar-refractivity contribution in [2.75, 3.05) is 7.05 Å². The third-order valence-corrected chi connectivity index (χ3v) is 4.05. The lowest BCUT2D eigenvalue weighted by Gasteiger charge is -2.16. The predicted molar refractivity (Wildman–Crippen MR) is 86.0 cm³/mol. The quantitative estimate of drug-likeness (QED) is 0.810. The fourth-order valence-electron chi connectivity index (χ4n) is 2.03. The lowest BCUT2D eigenvalue weighted by molar-refractivity contribution is -0.130. The molecule has 22 heavy (non-hydrogen) atoms. The van der Waals surface area contributed by atoms with Crippen LogP contribution in [-0.4, -0.2) is 37.4 Å². The Morgan fingerprint density at radius 3 is 2.45 bits per heavy atom. The van der Waals surface area contributed by atoms with Crippen LogP contribution in [0.1, 0.15) is 24.7 Å². The van der Waals surface area contributed by atoms with Gasteiger partial charge in [0, 0.05) is 39.0 Å². The van der Waals surface area contributed by atoms with Crippen LogP contribution in [-0.2, 0) is 24.4 Å². The first-order chi connectivity index (χ1) is 10.4. The lowest BCUT2D eigenvalue weighted by atomic mass is 10.3. The summed E-state index contributed by atoms with van der Waals surface area (Å²) in [6.45, 7) is 5.45. The Morgan fingerprint density at radius 2 is 1.91 bits per heavy atom. The Kier molecular flexibility index (Phi) is 5.47. The second-order valence-electron chi connectivity index (χ2n) is 5.10. The highest BCUT2D eigenvalue weighted by Crippen LogP contribution is 2.16. The van der Waals surface area contributed by atoms with Crippen molar-refractivity contribution >= 4 is 29.1 Å². The first-order valence-electron chi connectivity index (χ1n) is 7.06. The molecule has 1 amide bonds. The summed E-state index contributed by atoms with van der Waals surface area (Å²) in [4.78, 5) is 13.8. The van der Waals surface area contributed by atoms with Crippen LogP contribution < -0.4 is 0 Å². The molecule has 0 aliphatic heterocycles. The van der Waals surface area contributed by atoms with Crippen LogP contribution in [0.2, 0.25) is 10.0 Å². The number of aromatic nitrogens is 4. The molecule has 0 fully saturated rings. The van der Waals surface area contributed by atoms with Gasteiger partial charge in [-0.05, 0) is 13.8 Å². The van der Waals surface area contributed by atoms with Gasteiger partial charge in [0.05, 0.1) is 22.3 Å². The summed E-state index contributed by atoms with van der Waals surface area (Å²) in [5.41, 5.74) is 1.47. The van der Waals surface area contributed by atoms with Gasteiger partial charge in [-0.15, -0.1) is 0 Å². The number of amides is 1. The summed E-state index contributed by atoms with van der Waals surface area (Å²) in [5, 5.41) is 9.76. The van der Waals surface area contributed by atoms with E-state index in [1.165, 1.54) is 0 Å². The van der Waals surface area contributed by atoms with E-state index in [9.17, 15) is 4.79 Å². The summed E-state index contributed by atoms with van der Waals surface area (Å²) in [6.07, 6.45) is 3.84. The third-order valence-electron chi connectivity index (χ3n) is 3.37. The zero-order chi connectivity index (χ0) is 16.3. The average molecular weight is 344 g/mol. The minimum absolute atomic E-state index is 0.00592. The van der Waals surface area contributed by atoms with Crippen molar-refractivity contribution in [1.29, 1.82) is 0 Å². The van der Waals surface area contributed by atoms with Gasteiger partial charge in [0.2, 0.25) is 5.91 Å². The molecule has 0 bridgehead atoms. The third kappa shape index (κ3) is 4.01. The number of nitrogens with zero attached hydrogens (tertiary/aromatic N) is 5. The Bertz CT molecular complexity index is 645. The molecule has 8 heteroatoms. The minimum Gasteiger partial charge on any atom is -0.340 e. The molecule has 2 heterocycles. The first kappa shape index (κ1) is 16.8. The van der Waals surface area contributed by atoms with Crippen molar-refractivity contribution in [3.8, 4) is 0 Å². The number of aryl methyl sites for hydroxylation is 3. The van der Waals surface area contributed by atoms with E-state index in [0.717, 1.165) is 12.2 Å². The molecule has 0 radical (unpaired) electrons. The van der Waals surface area contributed by atoms with Gasteiger partial charge in [0.25, 0.3) is 0 Å². The van der Waals surface area contributed by atoms with Gasteiger partial charge >= 0.3 is 0 Å². The Hall–Kier alpha value is -1.53. The largest absolute Gasteiger partial charge is 0.340 e. The van der Waals surface area contributed by atoms with Crippen LogP contribution >= 0.6 is 23.2 Å². The van der Waals surface area contributed by atoms with Crippen LogP contribution in [0.25, 0.3) is 0 Å². The van der Waals surface area contributed by atoms with Crippen LogP contribution in [0, 0.1) is 6.92 Å². The Morgan fingerprint density at radius 1 is 1.23 bits per heavy atom. The molecular formula is C14H19Cl2N5O. The number of halogens is 2. The Labute approximate surface area is 139 Å². The van der Waals surface area contributed by atoms with Gasteiger partial charge in [-0.3, -0.25) is 14.2 Å². The molecular weight excluding hydrogens is 325 g/mol. The number of carbonyl (C=O) groups is 1. The van der Waals surface area contributed by atoms with E-state index in [0.29, 0.717) is 35.2 Å². The summed E-state index contributed by atoms with van der Waals surface area (Å²) < 4.78 is 3.44. The van der Waals surface area contributed by atoms with E-state index in [1.807, 2.05) is 13.8 Å². The topological polar surface area (TPSA) is 56.0 Å². The predicted octanol–water partition coefficient (Wildman–Crippen LogP) is 2.76. The molecule has 0 aliphatic rings. The molecule has 2 aromatic rings. The summed E-state index contributed by atoms with van der Waals surface area (Å²) in [7, 11) is 1.74. The zero-order valence-corrected chi connectivity index (χ0v) is 14.4. The molecule has 0 aromatic carbocycles. The molecule has 0 saturated carbocycles. The minimum atomic E-state index is 0.00592. The summed E-state index contributed by atoms with van der Waals surface area (Å²) >= 11 is 12.1. The average Bonchev–Trinajstić information content (AvgIpc) is 2.99. The first-order valence-corrected chi connectivity index (χ1v) is 7.81. The summed E-state index contributed by atoms with van der Waals surface area (Å²) in [6, 6.07) is 0. The van der Waals surface area contributed by atoms with Crippen LogP contribution in [0.3, 0.4) is 0 Å². The van der Waals surface area contributed by atoms with Gasteiger partial charge in [-0.2, -0.15) is 10.2 Å². The van der Waals surface area contributed by atoms with Crippen LogP contribution in [0.4, 0.5) is 0 Å². The molecule has 2 rings (SSSR count). The molecule has 0 unspecified atom stereocenters. The molecule has 0 atom stereocenters. The lowest BCUT2D eigenvalue weighted by Crippen LogP contribution is -2.27. The van der Waals surface area contributed by atoms with Crippen molar-refractivity contribution in [2.45, 2.75) is 39.9 Å². The van der Waals surface area contributed by atoms with E-state index >= 15 is 0 Å². The van der Waals surface area contributed by atoms with Gasteiger partial charge in [0.1, 0.15) is 5.69 Å². The van der Waals surface area contributed by atoms with Gasteiger partial charge in [-0.25, -0.2) is 0 Å². The molecule has 2 aromatic heterocycles. The van der Waals surface area contributed by atoms with Gasteiger partial charge < -0.3 is 4.90 Å². The zero-order valence-electron chi connectivity index (χ0n) is 12.9. The maximum atomic E-state index is 12.2. The smallest absolute Gasteiger partial charge is 0.224 e. The van der Waals surface area contributed by atoms with Gasteiger partial charge in [0.15, 0.2) is 0 Å². The number of hydrogen-bond donors (Lipinski definition) is 0. The second kappa shape index (κ2) is 7.15. The molecule has 0 N–H and O–H groups in total. The Balaban J connectivity index is 1.90. The molecule has 0 aliphatic carbocycles. The van der Waals surface area contributed by atoms with Crippen molar-refractivity contribution in [3.63, 3.8) is 0 Å². The number of rotatable bonds is 6. The SMILES string of the molecule is CCn1cc(Cl)c(CN(C)C(=O)CCn2cc(Cl)c(C)n2)n1. The molecule has 6 nitrogen and oxygen atoms in total. The highest BCUT2D eigenvalue weighted by atomic mass is 35.5. The van der Waals surface area contributed by atoms with E-state index < -0.39 is 0 Å². The van der Waals surface area contributed by atoms with Crippen molar-refractivity contribution < 1.29 is 4.79 Å². The maximum Gasteiger partial charge on any atom is 0.224 e. The van der Waals surface area contributed by atoms with Crippen molar-refractivity contribution in [3.05, 3.63) is 33.8 Å². The number of carbonyl (C=O) groups excluding carboxylic acids is 1. The molecule has 0 saturated heterocycles. The standard InChI is InChI=1S/C14H19Cl2N5O/c1-4-20-8-12(16)13(18-20)9-19(3)14(22)5-6-21-7-11(15)10(2)17-21/h7-8H,4-6,9H2,1-3H3. The van der Waals surface area contributed by atoms with E-state index in [1.54, 1.807) is 33.7 Å². The fraction of sp³-hybridized carbons (Fsp3) is 0.500. The van der Waals surface area contributed by atoms with Crippen molar-refractivity contribution in [1.82, 2.24) is 24.5 Å². The highest BCUT2D eigenvalue weighted by molar-refractivity contribution is 6.31. The molecule has 120 valence electrons. The van der Waals surface area contributed by atoms with E-state index in [-0.39, 0.29) is 5.91 Å². The van der Waals surface area contributed by atoms with E-state index in [4.69, 9.17) is 23.2 Å². The monoisotopic (exact) mass is 343 g/mol.